The molecule has 1 aromatic carbocycles. The largest absolute Gasteiger partial charge is 0.469 e. The third-order valence-electron chi connectivity index (χ3n) is 11.5. The number of esters is 1. The number of hydrogen-bond donors (Lipinski definition) is 1. The standard InChI is InChI=1S/C42H69N3O9/c1-13-27(4)39(44(9)41(50)32(29(6)46)24-35(48)38(26(2)3)43(7)8)36(52-10)25-37(49)45-21-17-20-33(45)40(53-11)28(5)34(47)23-31(42(51)54-12)22-30-18-15-14-16-19-30/h14-16,18-19,26-29,31-33,36,38-40,46H,13,17,20-25H2,1-12H3/t27-,28-,29+,31+,32-,33-,36+,38-,39-,40+/m0/s1. The summed E-state index contributed by atoms with van der Waals surface area (Å²) < 4.78 is 17.0. The molecule has 12 heteroatoms. The Morgan fingerprint density at radius 1 is 0.889 bits per heavy atom. The maximum absolute atomic E-state index is 14.2. The topological polar surface area (TPSA) is 143 Å². The number of ketones is 2. The molecular weight excluding hydrogens is 690 g/mol. The second-order valence-electron chi connectivity index (χ2n) is 15.8. The maximum atomic E-state index is 14.2. The number of rotatable bonds is 23. The molecule has 2 amide bonds. The van der Waals surface area contributed by atoms with Crippen molar-refractivity contribution < 1.29 is 43.3 Å². The fraction of sp³-hybridized carbons (Fsp3) is 0.738. The van der Waals surface area contributed by atoms with Gasteiger partial charge in [-0.05, 0) is 57.7 Å². The Hall–Kier alpha value is -3.19. The van der Waals surface area contributed by atoms with Crippen LogP contribution in [0.15, 0.2) is 30.3 Å². The molecule has 0 bridgehead atoms. The van der Waals surface area contributed by atoms with Crippen LogP contribution < -0.4 is 0 Å². The van der Waals surface area contributed by atoms with Crippen LogP contribution in [0.2, 0.25) is 0 Å². The van der Waals surface area contributed by atoms with Gasteiger partial charge in [0.15, 0.2) is 5.78 Å². The molecule has 1 aliphatic rings. The molecule has 306 valence electrons. The molecule has 0 unspecified atom stereocenters. The number of aliphatic hydroxyl groups excluding tert-OH is 1. The number of Topliss-reactive ketones (excluding diaryl/α,β-unsaturated/α-hetero) is 2. The lowest BCUT2D eigenvalue weighted by Gasteiger charge is -2.40. The lowest BCUT2D eigenvalue weighted by Crippen LogP contribution is -2.54. The average Bonchev–Trinajstić information content (AvgIpc) is 3.62. The van der Waals surface area contributed by atoms with E-state index < -0.39 is 54.1 Å². The van der Waals surface area contributed by atoms with Crippen LogP contribution in [0, 0.1) is 29.6 Å². The minimum absolute atomic E-state index is 0.0156. The van der Waals surface area contributed by atoms with E-state index in [0.717, 1.165) is 12.0 Å². The zero-order valence-electron chi connectivity index (χ0n) is 34.9. The van der Waals surface area contributed by atoms with Gasteiger partial charge in [0.25, 0.3) is 0 Å². The number of likely N-dealkylation sites (N-methyl/N-ethyl adjacent to an activating group) is 2. The fourth-order valence-electron chi connectivity index (χ4n) is 8.39. The van der Waals surface area contributed by atoms with Gasteiger partial charge in [-0.25, -0.2) is 0 Å². The Balaban J connectivity index is 2.29. The summed E-state index contributed by atoms with van der Waals surface area (Å²) in [6, 6.07) is 8.20. The van der Waals surface area contributed by atoms with E-state index in [1.165, 1.54) is 21.1 Å². The summed E-state index contributed by atoms with van der Waals surface area (Å²) in [6.45, 7) is 11.7. The molecule has 0 aliphatic carbocycles. The van der Waals surface area contributed by atoms with Crippen molar-refractivity contribution in [2.75, 3.05) is 49.0 Å². The highest BCUT2D eigenvalue weighted by Gasteiger charge is 2.43. The summed E-state index contributed by atoms with van der Waals surface area (Å²) >= 11 is 0. The molecule has 0 aromatic heterocycles. The smallest absolute Gasteiger partial charge is 0.309 e. The quantitative estimate of drug-likeness (QED) is 0.159. The van der Waals surface area contributed by atoms with Crippen molar-refractivity contribution in [3.8, 4) is 0 Å². The lowest BCUT2D eigenvalue weighted by atomic mass is 9.85. The van der Waals surface area contributed by atoms with Gasteiger partial charge in [-0.1, -0.05) is 71.4 Å². The first kappa shape index (κ1) is 47.0. The number of benzene rings is 1. The van der Waals surface area contributed by atoms with Gasteiger partial charge in [0, 0.05) is 46.6 Å². The summed E-state index contributed by atoms with van der Waals surface area (Å²) in [6.07, 6.45) is -0.0583. The van der Waals surface area contributed by atoms with Gasteiger partial charge in [-0.3, -0.25) is 28.9 Å². The van der Waals surface area contributed by atoms with Crippen molar-refractivity contribution in [2.45, 2.75) is 123 Å². The average molecular weight is 760 g/mol. The summed E-state index contributed by atoms with van der Waals surface area (Å²) in [7, 11) is 9.71. The molecule has 10 atom stereocenters. The number of carbonyl (C=O) groups excluding carboxylic acids is 5. The Morgan fingerprint density at radius 3 is 2.02 bits per heavy atom. The molecule has 1 N–H and O–H groups in total. The van der Waals surface area contributed by atoms with Crippen LogP contribution in [0.4, 0.5) is 0 Å². The molecule has 1 aromatic rings. The van der Waals surface area contributed by atoms with Gasteiger partial charge < -0.3 is 29.1 Å². The van der Waals surface area contributed by atoms with E-state index in [1.54, 1.807) is 30.9 Å². The van der Waals surface area contributed by atoms with E-state index in [4.69, 9.17) is 14.2 Å². The first-order valence-corrected chi connectivity index (χ1v) is 19.6. The van der Waals surface area contributed by atoms with Gasteiger partial charge in [0.2, 0.25) is 11.8 Å². The number of likely N-dealkylation sites (tertiary alicyclic amines) is 1. The lowest BCUT2D eigenvalue weighted by molar-refractivity contribution is -0.151. The van der Waals surface area contributed by atoms with Crippen LogP contribution in [-0.4, -0.2) is 135 Å². The van der Waals surface area contributed by atoms with Crippen LogP contribution in [0.5, 0.6) is 0 Å². The van der Waals surface area contributed by atoms with E-state index >= 15 is 0 Å². The third-order valence-corrected chi connectivity index (χ3v) is 11.5. The maximum Gasteiger partial charge on any atom is 0.309 e. The minimum Gasteiger partial charge on any atom is -0.469 e. The van der Waals surface area contributed by atoms with E-state index in [1.807, 2.05) is 77.0 Å². The molecule has 1 heterocycles. The van der Waals surface area contributed by atoms with E-state index in [0.29, 0.717) is 25.8 Å². The predicted octanol–water partition coefficient (Wildman–Crippen LogP) is 4.44. The normalized spacial score (nSPS) is 19.7. The van der Waals surface area contributed by atoms with Crippen molar-refractivity contribution in [1.29, 1.82) is 0 Å². The number of nitrogens with zero attached hydrogens (tertiary/aromatic N) is 3. The monoisotopic (exact) mass is 760 g/mol. The third kappa shape index (κ3) is 12.4. The summed E-state index contributed by atoms with van der Waals surface area (Å²) in [5.74, 6) is -3.52. The number of hydrogen-bond acceptors (Lipinski definition) is 10. The zero-order valence-corrected chi connectivity index (χ0v) is 34.9. The number of carbonyl (C=O) groups is 5. The van der Waals surface area contributed by atoms with Crippen molar-refractivity contribution in [2.24, 2.45) is 29.6 Å². The highest BCUT2D eigenvalue weighted by molar-refractivity contribution is 5.90. The number of aliphatic hydroxyl groups is 1. The first-order valence-electron chi connectivity index (χ1n) is 19.6. The molecule has 12 nitrogen and oxygen atoms in total. The number of ether oxygens (including phenoxy) is 3. The number of methoxy groups -OCH3 is 3. The van der Waals surface area contributed by atoms with Gasteiger partial charge >= 0.3 is 5.97 Å². The first-order chi connectivity index (χ1) is 25.4. The Bertz CT molecular complexity index is 1350. The van der Waals surface area contributed by atoms with Gasteiger partial charge in [-0.15, -0.1) is 0 Å². The molecule has 54 heavy (non-hydrogen) atoms. The molecule has 1 saturated heterocycles. The minimum atomic E-state index is -1.07. The van der Waals surface area contributed by atoms with E-state index in [9.17, 15) is 29.1 Å². The van der Waals surface area contributed by atoms with Crippen LogP contribution in [0.1, 0.15) is 85.6 Å². The highest BCUT2D eigenvalue weighted by atomic mass is 16.5. The Morgan fingerprint density at radius 2 is 1.52 bits per heavy atom. The van der Waals surface area contributed by atoms with E-state index in [2.05, 4.69) is 0 Å². The molecule has 1 aliphatic heterocycles. The summed E-state index contributed by atoms with van der Waals surface area (Å²) in [4.78, 5) is 73.4. The van der Waals surface area contributed by atoms with Crippen molar-refractivity contribution in [3.05, 3.63) is 35.9 Å². The summed E-state index contributed by atoms with van der Waals surface area (Å²) in [5, 5.41) is 10.8. The van der Waals surface area contributed by atoms with Crippen molar-refractivity contribution in [3.63, 3.8) is 0 Å². The SMILES string of the molecule is CC[C@H](C)[C@@H]([C@@H](CC(=O)N1CCC[C@H]1[C@H](OC)[C@@H](C)C(=O)C[C@@H](Cc1ccccc1)C(=O)OC)OC)N(C)C(=O)[C@@H](CC(=O)[C@H](C(C)C)N(C)C)[C@@H](C)O. The molecule has 0 saturated carbocycles. The fourth-order valence-corrected chi connectivity index (χ4v) is 8.39. The molecule has 2 rings (SSSR count). The Kier molecular flexibility index (Phi) is 19.5. The molecule has 1 fully saturated rings. The van der Waals surface area contributed by atoms with Gasteiger partial charge in [-0.2, -0.15) is 0 Å². The van der Waals surface area contributed by atoms with Crippen LogP contribution in [0.3, 0.4) is 0 Å². The predicted molar refractivity (Wildman–Crippen MR) is 209 cm³/mol. The molecule has 0 radical (unpaired) electrons. The van der Waals surface area contributed by atoms with Crippen molar-refractivity contribution in [1.82, 2.24) is 14.7 Å². The van der Waals surface area contributed by atoms with Crippen LogP contribution >= 0.6 is 0 Å². The van der Waals surface area contributed by atoms with Crippen LogP contribution in [0.25, 0.3) is 0 Å². The summed E-state index contributed by atoms with van der Waals surface area (Å²) in [5.41, 5.74) is 0.930. The van der Waals surface area contributed by atoms with Gasteiger partial charge in [0.05, 0.1) is 61.8 Å². The van der Waals surface area contributed by atoms with Crippen molar-refractivity contribution >= 4 is 29.4 Å². The number of amides is 2. The van der Waals surface area contributed by atoms with E-state index in [-0.39, 0.29) is 60.5 Å². The molecule has 0 spiro atoms. The highest BCUT2D eigenvalue weighted by Crippen LogP contribution is 2.31. The zero-order chi connectivity index (χ0) is 40.9. The second-order valence-corrected chi connectivity index (χ2v) is 15.8. The van der Waals surface area contributed by atoms with Gasteiger partial charge in [0.1, 0.15) is 5.78 Å². The second kappa shape index (κ2) is 22.4. The van der Waals surface area contributed by atoms with Crippen LogP contribution in [-0.2, 0) is 44.6 Å². The Labute approximate surface area is 324 Å². The molecular formula is C42H69N3O9.